The van der Waals surface area contributed by atoms with Crippen molar-refractivity contribution in [3.63, 3.8) is 0 Å². The highest BCUT2D eigenvalue weighted by molar-refractivity contribution is 6.30. The maximum Gasteiger partial charge on any atom is 0.146 e. The molecule has 4 nitrogen and oxygen atoms in total. The maximum absolute atomic E-state index is 13.7. The molecule has 0 radical (unpaired) electrons. The van der Waals surface area contributed by atoms with E-state index in [2.05, 4.69) is 15.4 Å². The van der Waals surface area contributed by atoms with Gasteiger partial charge < -0.3 is 0 Å². The molecule has 0 aliphatic carbocycles. The molecule has 2 rings (SSSR count). The van der Waals surface area contributed by atoms with Gasteiger partial charge in [0.05, 0.1) is 6.04 Å². The number of nitrogens with one attached hydrogen (secondary N) is 1. The fourth-order valence-corrected chi connectivity index (χ4v) is 1.92. The van der Waals surface area contributed by atoms with Gasteiger partial charge >= 0.3 is 0 Å². The molecule has 0 spiro atoms. The van der Waals surface area contributed by atoms with E-state index in [0.29, 0.717) is 22.8 Å². The van der Waals surface area contributed by atoms with Crippen LogP contribution in [-0.4, -0.2) is 9.97 Å². The van der Waals surface area contributed by atoms with E-state index in [1.54, 1.807) is 18.5 Å². The molecule has 0 aliphatic heterocycles. The van der Waals surface area contributed by atoms with Gasteiger partial charge in [-0.3, -0.25) is 5.84 Å². The lowest BCUT2D eigenvalue weighted by Gasteiger charge is -2.15. The van der Waals surface area contributed by atoms with Gasteiger partial charge in [-0.15, -0.1) is 0 Å². The Labute approximate surface area is 115 Å². The minimum Gasteiger partial charge on any atom is -0.271 e. The summed E-state index contributed by atoms with van der Waals surface area (Å²) in [6.45, 7) is 1.89. The van der Waals surface area contributed by atoms with Crippen LogP contribution < -0.4 is 11.3 Å². The summed E-state index contributed by atoms with van der Waals surface area (Å²) in [4.78, 5) is 8.38. The second-order valence-corrected chi connectivity index (χ2v) is 4.71. The van der Waals surface area contributed by atoms with Crippen LogP contribution >= 0.6 is 11.6 Å². The van der Waals surface area contributed by atoms with E-state index >= 15 is 0 Å². The fourth-order valence-electron chi connectivity index (χ4n) is 1.73. The van der Waals surface area contributed by atoms with Gasteiger partial charge in [-0.25, -0.2) is 19.8 Å². The van der Waals surface area contributed by atoms with Crippen LogP contribution in [0.15, 0.2) is 30.6 Å². The van der Waals surface area contributed by atoms with Crippen LogP contribution in [0.25, 0.3) is 0 Å². The summed E-state index contributed by atoms with van der Waals surface area (Å²) in [7, 11) is 0. The number of aromatic nitrogens is 2. The highest BCUT2D eigenvalue weighted by Crippen LogP contribution is 2.20. The molecule has 0 bridgehead atoms. The summed E-state index contributed by atoms with van der Waals surface area (Å²) in [5, 5.41) is 0.483. The van der Waals surface area contributed by atoms with Crippen LogP contribution in [0.1, 0.15) is 23.0 Å². The second-order valence-electron chi connectivity index (χ2n) is 4.28. The van der Waals surface area contributed by atoms with Gasteiger partial charge in [0.2, 0.25) is 0 Å². The number of halogens is 2. The fraction of sp³-hybridized carbons (Fsp3) is 0.231. The molecule has 2 aromatic rings. The predicted octanol–water partition coefficient (Wildman–Crippen LogP) is 2.32. The Morgan fingerprint density at radius 3 is 2.68 bits per heavy atom. The Balaban J connectivity index is 2.23. The summed E-state index contributed by atoms with van der Waals surface area (Å²) < 4.78 is 13.7. The molecule has 19 heavy (non-hydrogen) atoms. The summed E-state index contributed by atoms with van der Waals surface area (Å²) in [6.07, 6.45) is 3.72. The van der Waals surface area contributed by atoms with E-state index in [1.807, 2.05) is 6.92 Å². The number of aryl methyl sites for hydroxylation is 1. The molecule has 100 valence electrons. The number of hydrazine groups is 1. The van der Waals surface area contributed by atoms with Gasteiger partial charge in [0.1, 0.15) is 11.6 Å². The van der Waals surface area contributed by atoms with Gasteiger partial charge in [0.15, 0.2) is 0 Å². The first-order valence-corrected chi connectivity index (χ1v) is 6.16. The van der Waals surface area contributed by atoms with Crippen LogP contribution in [-0.2, 0) is 6.42 Å². The molecule has 0 amide bonds. The van der Waals surface area contributed by atoms with Crippen LogP contribution in [0, 0.1) is 12.7 Å². The first-order chi connectivity index (χ1) is 9.10. The van der Waals surface area contributed by atoms with Crippen molar-refractivity contribution in [1.29, 1.82) is 0 Å². The molecule has 1 aromatic heterocycles. The standard InChI is InChI=1S/C13H14ClFN4/c1-8-6-17-13(18-7-8)12(19-16)5-9-4-10(14)2-3-11(9)15/h2-4,6-7,12,19H,5,16H2,1H3. The summed E-state index contributed by atoms with van der Waals surface area (Å²) >= 11 is 5.86. The molecule has 1 heterocycles. The van der Waals surface area contributed by atoms with E-state index in [4.69, 9.17) is 17.4 Å². The molecular formula is C13H14ClFN4. The van der Waals surface area contributed by atoms with Crippen molar-refractivity contribution < 1.29 is 4.39 Å². The molecule has 1 atom stereocenters. The van der Waals surface area contributed by atoms with Gasteiger partial charge in [0, 0.05) is 17.4 Å². The molecule has 1 aromatic carbocycles. The quantitative estimate of drug-likeness (QED) is 0.666. The SMILES string of the molecule is Cc1cnc(C(Cc2cc(Cl)ccc2F)NN)nc1. The van der Waals surface area contributed by atoms with Crippen molar-refractivity contribution in [2.45, 2.75) is 19.4 Å². The van der Waals surface area contributed by atoms with Crippen LogP contribution in [0.3, 0.4) is 0 Å². The molecular weight excluding hydrogens is 267 g/mol. The van der Waals surface area contributed by atoms with Crippen LogP contribution in [0.5, 0.6) is 0 Å². The number of nitrogens with zero attached hydrogens (tertiary/aromatic N) is 2. The zero-order valence-corrected chi connectivity index (χ0v) is 11.2. The van der Waals surface area contributed by atoms with Crippen LogP contribution in [0.4, 0.5) is 4.39 Å². The largest absolute Gasteiger partial charge is 0.271 e. The van der Waals surface area contributed by atoms with Crippen molar-refractivity contribution in [3.8, 4) is 0 Å². The lowest BCUT2D eigenvalue weighted by Crippen LogP contribution is -2.31. The minimum absolute atomic E-state index is 0.322. The van der Waals surface area contributed by atoms with E-state index in [0.717, 1.165) is 5.56 Å². The zero-order chi connectivity index (χ0) is 13.8. The Hall–Kier alpha value is -1.56. The van der Waals surface area contributed by atoms with Gasteiger partial charge in [0.25, 0.3) is 0 Å². The first kappa shape index (κ1) is 13.9. The number of hydrogen-bond acceptors (Lipinski definition) is 4. The van der Waals surface area contributed by atoms with Crippen molar-refractivity contribution in [2.75, 3.05) is 0 Å². The van der Waals surface area contributed by atoms with Crippen LogP contribution in [0.2, 0.25) is 5.02 Å². The number of hydrogen-bond donors (Lipinski definition) is 2. The lowest BCUT2D eigenvalue weighted by molar-refractivity contribution is 0.506. The predicted molar refractivity (Wildman–Crippen MR) is 71.9 cm³/mol. The van der Waals surface area contributed by atoms with Crippen molar-refractivity contribution in [3.05, 3.63) is 58.4 Å². The number of rotatable bonds is 4. The third-order valence-electron chi connectivity index (χ3n) is 2.75. The van der Waals surface area contributed by atoms with E-state index < -0.39 is 0 Å². The summed E-state index contributed by atoms with van der Waals surface area (Å²) in [6, 6.07) is 4.05. The molecule has 6 heteroatoms. The highest BCUT2D eigenvalue weighted by Gasteiger charge is 2.16. The average Bonchev–Trinajstić information content (AvgIpc) is 2.41. The number of nitrogens with two attached hydrogens (primary N) is 1. The summed E-state index contributed by atoms with van der Waals surface area (Å²) in [5.41, 5.74) is 4.02. The first-order valence-electron chi connectivity index (χ1n) is 5.78. The Morgan fingerprint density at radius 2 is 2.05 bits per heavy atom. The van der Waals surface area contributed by atoms with E-state index in [-0.39, 0.29) is 11.9 Å². The lowest BCUT2D eigenvalue weighted by atomic mass is 10.1. The Bertz CT molecular complexity index is 559. The summed E-state index contributed by atoms with van der Waals surface area (Å²) in [5.74, 6) is 5.69. The molecule has 0 fully saturated rings. The van der Waals surface area contributed by atoms with E-state index in [9.17, 15) is 4.39 Å². The van der Waals surface area contributed by atoms with Crippen molar-refractivity contribution in [1.82, 2.24) is 15.4 Å². The molecule has 3 N–H and O–H groups in total. The molecule has 0 aliphatic rings. The Kier molecular flexibility index (Phi) is 4.42. The second kappa shape index (κ2) is 6.06. The normalized spacial score (nSPS) is 12.4. The average molecular weight is 281 g/mol. The monoisotopic (exact) mass is 280 g/mol. The highest BCUT2D eigenvalue weighted by atomic mass is 35.5. The molecule has 0 saturated carbocycles. The van der Waals surface area contributed by atoms with Gasteiger partial charge in [-0.2, -0.15) is 0 Å². The smallest absolute Gasteiger partial charge is 0.146 e. The maximum atomic E-state index is 13.7. The molecule has 1 unspecified atom stereocenters. The van der Waals surface area contributed by atoms with Crippen molar-refractivity contribution in [2.24, 2.45) is 5.84 Å². The molecule has 0 saturated heterocycles. The topological polar surface area (TPSA) is 63.8 Å². The van der Waals surface area contributed by atoms with Gasteiger partial charge in [-0.05, 0) is 42.7 Å². The Morgan fingerprint density at radius 1 is 1.37 bits per heavy atom. The van der Waals surface area contributed by atoms with E-state index in [1.165, 1.54) is 12.1 Å². The zero-order valence-electron chi connectivity index (χ0n) is 10.4. The van der Waals surface area contributed by atoms with Crippen molar-refractivity contribution >= 4 is 11.6 Å². The third-order valence-corrected chi connectivity index (χ3v) is 2.98. The minimum atomic E-state index is -0.367. The van der Waals surface area contributed by atoms with Gasteiger partial charge in [-0.1, -0.05) is 11.6 Å². The third kappa shape index (κ3) is 3.47. The number of benzene rings is 1.